The van der Waals surface area contributed by atoms with Crippen molar-refractivity contribution >= 4 is 34.2 Å². The summed E-state index contributed by atoms with van der Waals surface area (Å²) in [5, 5.41) is 0. The predicted molar refractivity (Wildman–Crippen MR) is 93.0 cm³/mol. The zero-order valence-electron chi connectivity index (χ0n) is 12.6. The van der Waals surface area contributed by atoms with E-state index in [4.69, 9.17) is 10.5 Å². The number of imidazole rings is 1. The van der Waals surface area contributed by atoms with E-state index < -0.39 is 0 Å². The molecule has 118 valence electrons. The molecule has 0 saturated carbocycles. The van der Waals surface area contributed by atoms with E-state index >= 15 is 0 Å². The molecule has 2 atom stereocenters. The van der Waals surface area contributed by atoms with Crippen LogP contribution in [0.2, 0.25) is 0 Å². The van der Waals surface area contributed by atoms with Gasteiger partial charge in [0.15, 0.2) is 5.65 Å². The number of halogens is 1. The van der Waals surface area contributed by atoms with Crippen molar-refractivity contribution in [3.05, 3.63) is 22.2 Å². The second kappa shape index (κ2) is 5.31. The number of nitrogens with zero attached hydrogens (tertiary/aromatic N) is 4. The molecule has 22 heavy (non-hydrogen) atoms. The van der Waals surface area contributed by atoms with Crippen molar-refractivity contribution in [3.8, 4) is 0 Å². The van der Waals surface area contributed by atoms with E-state index in [0.717, 1.165) is 47.7 Å². The zero-order valence-corrected chi connectivity index (χ0v) is 14.7. The summed E-state index contributed by atoms with van der Waals surface area (Å²) < 4.78 is 8.94. The first-order chi connectivity index (χ1) is 10.6. The van der Waals surface area contributed by atoms with Crippen LogP contribution in [0.4, 0.5) is 5.95 Å². The topological polar surface area (TPSA) is 68.7 Å². The Kier molecular flexibility index (Phi) is 3.54. The molecular weight excluding hydrogens is 393 g/mol. The lowest BCUT2D eigenvalue weighted by molar-refractivity contribution is 0.0973. The van der Waals surface area contributed by atoms with Gasteiger partial charge in [-0.1, -0.05) is 0 Å². The molecule has 2 fully saturated rings. The first-order valence-electron chi connectivity index (χ1n) is 7.70. The van der Waals surface area contributed by atoms with Crippen molar-refractivity contribution in [3.63, 3.8) is 0 Å². The highest BCUT2D eigenvalue weighted by Gasteiger charge is 2.47. The Hall–Kier alpha value is -0.930. The monoisotopic (exact) mass is 413 g/mol. The Morgan fingerprint density at radius 2 is 2.14 bits per heavy atom. The molecule has 0 aromatic carbocycles. The van der Waals surface area contributed by atoms with Crippen molar-refractivity contribution in [1.82, 2.24) is 14.4 Å². The lowest BCUT2D eigenvalue weighted by atomic mass is 9.73. The number of ether oxygens (including phenoxy) is 1. The maximum Gasteiger partial charge on any atom is 0.211 e. The summed E-state index contributed by atoms with van der Waals surface area (Å²) in [7, 11) is 0. The van der Waals surface area contributed by atoms with Gasteiger partial charge in [-0.3, -0.25) is 4.40 Å². The molecule has 2 aromatic heterocycles. The molecule has 7 heteroatoms. The number of hydrogen-bond acceptors (Lipinski definition) is 5. The Bertz CT molecular complexity index is 694. The molecule has 0 unspecified atom stereocenters. The van der Waals surface area contributed by atoms with E-state index in [1.807, 2.05) is 18.6 Å². The summed E-state index contributed by atoms with van der Waals surface area (Å²) in [6, 6.07) is 0.146. The summed E-state index contributed by atoms with van der Waals surface area (Å²) in [5.41, 5.74) is 7.51. The van der Waals surface area contributed by atoms with Crippen LogP contribution in [-0.4, -0.2) is 46.2 Å². The zero-order chi connectivity index (χ0) is 15.3. The minimum Gasteiger partial charge on any atom is -0.376 e. The molecule has 6 nitrogen and oxygen atoms in total. The molecule has 2 saturated heterocycles. The van der Waals surface area contributed by atoms with Crippen LogP contribution in [0, 0.1) is 8.99 Å². The number of aromatic nitrogens is 3. The van der Waals surface area contributed by atoms with Crippen LogP contribution in [0.25, 0.3) is 5.65 Å². The highest BCUT2D eigenvalue weighted by atomic mass is 127. The van der Waals surface area contributed by atoms with Gasteiger partial charge in [0.2, 0.25) is 5.95 Å². The highest BCUT2D eigenvalue weighted by molar-refractivity contribution is 14.1. The van der Waals surface area contributed by atoms with Crippen LogP contribution in [0.15, 0.2) is 18.6 Å². The summed E-state index contributed by atoms with van der Waals surface area (Å²) in [5.74, 6) is 0.975. The van der Waals surface area contributed by atoms with Crippen LogP contribution < -0.4 is 10.6 Å². The standard InChI is InChI=1S/C15H20IN5O/c1-10-12(17)15(9-22-10)2-5-20(6-3-15)14-19-8-11(16)13-18-4-7-21(13)14/h4,7-8,10,12H,2-3,5-6,9,17H2,1H3/t10-,12+/m0/s1. The average molecular weight is 413 g/mol. The van der Waals surface area contributed by atoms with E-state index in [1.165, 1.54) is 0 Å². The maximum atomic E-state index is 6.39. The third-order valence-corrected chi connectivity index (χ3v) is 6.01. The average Bonchev–Trinajstić information content (AvgIpc) is 3.12. The fourth-order valence-corrected chi connectivity index (χ4v) is 4.27. The van der Waals surface area contributed by atoms with E-state index in [2.05, 4.69) is 48.8 Å². The van der Waals surface area contributed by atoms with Gasteiger partial charge in [-0.05, 0) is 42.4 Å². The fraction of sp³-hybridized carbons (Fsp3) is 0.600. The van der Waals surface area contributed by atoms with Gasteiger partial charge in [-0.25, -0.2) is 9.97 Å². The molecule has 2 N–H and O–H groups in total. The number of fused-ring (bicyclic) bond motifs is 1. The molecule has 0 aliphatic carbocycles. The number of hydrogen-bond donors (Lipinski definition) is 1. The van der Waals surface area contributed by atoms with Crippen molar-refractivity contribution in [2.24, 2.45) is 11.1 Å². The third kappa shape index (κ3) is 2.13. The van der Waals surface area contributed by atoms with E-state index in [9.17, 15) is 0 Å². The summed E-state index contributed by atoms with van der Waals surface area (Å²) >= 11 is 2.28. The van der Waals surface area contributed by atoms with Gasteiger partial charge in [0.05, 0.1) is 16.3 Å². The maximum absolute atomic E-state index is 6.39. The van der Waals surface area contributed by atoms with Gasteiger partial charge in [0, 0.05) is 43.1 Å². The van der Waals surface area contributed by atoms with E-state index in [0.29, 0.717) is 0 Å². The van der Waals surface area contributed by atoms with Gasteiger partial charge in [-0.15, -0.1) is 0 Å². The highest BCUT2D eigenvalue weighted by Crippen LogP contribution is 2.41. The first kappa shape index (κ1) is 14.6. The van der Waals surface area contributed by atoms with Gasteiger partial charge >= 0.3 is 0 Å². The minimum absolute atomic E-state index is 0.146. The molecule has 0 amide bonds. The van der Waals surface area contributed by atoms with Gasteiger partial charge in [-0.2, -0.15) is 0 Å². The van der Waals surface area contributed by atoms with Crippen LogP contribution in [0.3, 0.4) is 0 Å². The molecule has 1 spiro atoms. The normalized spacial score (nSPS) is 27.9. The summed E-state index contributed by atoms with van der Waals surface area (Å²) in [6.07, 6.45) is 8.00. The van der Waals surface area contributed by atoms with E-state index in [-0.39, 0.29) is 17.6 Å². The Morgan fingerprint density at radius 1 is 1.36 bits per heavy atom. The van der Waals surface area contributed by atoms with Crippen molar-refractivity contribution in [2.45, 2.75) is 31.9 Å². The van der Waals surface area contributed by atoms with Gasteiger partial charge in [0.1, 0.15) is 0 Å². The molecule has 0 radical (unpaired) electrons. The molecule has 4 heterocycles. The third-order valence-electron chi connectivity index (χ3n) is 5.25. The lowest BCUT2D eigenvalue weighted by Crippen LogP contribution is -2.51. The van der Waals surface area contributed by atoms with Crippen LogP contribution in [0.5, 0.6) is 0 Å². The molecule has 0 bridgehead atoms. The number of nitrogens with two attached hydrogens (primary N) is 1. The second-order valence-corrected chi connectivity index (χ2v) is 7.58. The smallest absolute Gasteiger partial charge is 0.211 e. The molecule has 4 rings (SSSR count). The van der Waals surface area contributed by atoms with Crippen LogP contribution in [0.1, 0.15) is 19.8 Å². The van der Waals surface area contributed by atoms with Gasteiger partial charge in [0.25, 0.3) is 0 Å². The lowest BCUT2D eigenvalue weighted by Gasteiger charge is -2.41. The Morgan fingerprint density at radius 3 is 2.82 bits per heavy atom. The number of anilines is 1. The summed E-state index contributed by atoms with van der Waals surface area (Å²) in [4.78, 5) is 11.4. The fourth-order valence-electron chi connectivity index (χ4n) is 3.73. The Labute approximate surface area is 143 Å². The van der Waals surface area contributed by atoms with Crippen LogP contribution >= 0.6 is 22.6 Å². The number of rotatable bonds is 1. The van der Waals surface area contributed by atoms with Crippen molar-refractivity contribution < 1.29 is 4.74 Å². The van der Waals surface area contributed by atoms with Crippen molar-refractivity contribution in [1.29, 1.82) is 0 Å². The van der Waals surface area contributed by atoms with Gasteiger partial charge < -0.3 is 15.4 Å². The molecule has 2 aliphatic rings. The second-order valence-electron chi connectivity index (χ2n) is 6.42. The SMILES string of the molecule is C[C@@H]1OCC2(CCN(c3ncc(I)c4nccn34)CC2)[C@@H]1N. The first-order valence-corrected chi connectivity index (χ1v) is 8.78. The van der Waals surface area contributed by atoms with Crippen molar-refractivity contribution in [2.75, 3.05) is 24.6 Å². The largest absolute Gasteiger partial charge is 0.376 e. The Balaban J connectivity index is 1.59. The molecule has 2 aliphatic heterocycles. The predicted octanol–water partition coefficient (Wildman–Crippen LogP) is 1.67. The van der Waals surface area contributed by atoms with Crippen LogP contribution in [-0.2, 0) is 4.74 Å². The molecular formula is C15H20IN5O. The van der Waals surface area contributed by atoms with E-state index in [1.54, 1.807) is 0 Å². The minimum atomic E-state index is 0.146. The molecule has 2 aromatic rings. The quantitative estimate of drug-likeness (QED) is 0.721. The summed E-state index contributed by atoms with van der Waals surface area (Å²) in [6.45, 7) is 4.81. The number of piperidine rings is 1.